The lowest BCUT2D eigenvalue weighted by molar-refractivity contribution is -0.939. The number of ketones is 1. The van der Waals surface area contributed by atoms with E-state index in [-0.39, 0.29) is 0 Å². The minimum absolute atomic E-state index is 0.300. The molecule has 1 N–H and O–H groups in total. The summed E-state index contributed by atoms with van der Waals surface area (Å²) in [5, 5.41) is 0. The van der Waals surface area contributed by atoms with Gasteiger partial charge >= 0.3 is 0 Å². The van der Waals surface area contributed by atoms with Crippen molar-refractivity contribution in [2.75, 3.05) is 6.54 Å². The molecule has 1 aliphatic heterocycles. The van der Waals surface area contributed by atoms with Gasteiger partial charge in [0.25, 0.3) is 0 Å². The number of piperidine rings is 1. The van der Waals surface area contributed by atoms with E-state index in [1.165, 1.54) is 12.8 Å². The summed E-state index contributed by atoms with van der Waals surface area (Å²) in [6.07, 6.45) is 3.60. The molecule has 0 aromatic heterocycles. The Morgan fingerprint density at radius 2 is 2.00 bits per heavy atom. The van der Waals surface area contributed by atoms with Crippen LogP contribution in [0.2, 0.25) is 0 Å². The second-order valence-corrected chi connectivity index (χ2v) is 4.39. The molecule has 1 aliphatic carbocycles. The Morgan fingerprint density at radius 1 is 1.33 bits per heavy atom. The molecule has 2 fully saturated rings. The first-order chi connectivity index (χ1) is 5.70. The molecule has 2 rings (SSSR count). The molecule has 0 spiro atoms. The van der Waals surface area contributed by atoms with E-state index < -0.39 is 0 Å². The van der Waals surface area contributed by atoms with Crippen LogP contribution in [0, 0.1) is 5.92 Å². The van der Waals surface area contributed by atoms with Gasteiger partial charge in [0, 0.05) is 12.8 Å². The highest BCUT2D eigenvalue weighted by molar-refractivity contribution is 5.81. The summed E-state index contributed by atoms with van der Waals surface area (Å²) in [5.41, 5.74) is 0. The van der Waals surface area contributed by atoms with E-state index in [1.54, 1.807) is 4.90 Å². The van der Waals surface area contributed by atoms with Crippen LogP contribution in [-0.2, 0) is 4.79 Å². The number of rotatable bonds is 1. The quantitative estimate of drug-likeness (QED) is 0.586. The third-order valence-corrected chi connectivity index (χ3v) is 3.60. The van der Waals surface area contributed by atoms with E-state index in [2.05, 4.69) is 13.8 Å². The highest BCUT2D eigenvalue weighted by Crippen LogP contribution is 2.19. The van der Waals surface area contributed by atoms with Crippen LogP contribution in [0.1, 0.15) is 33.1 Å². The molecule has 0 bridgehead atoms. The van der Waals surface area contributed by atoms with Crippen LogP contribution < -0.4 is 4.90 Å². The zero-order valence-electron chi connectivity index (χ0n) is 7.97. The normalized spacial score (nSPS) is 43.2. The SMILES string of the molecule is C[C@@H]1[C@@H](C)C(=O)CC[NH+]1C1CC1. The fraction of sp³-hybridized carbons (Fsp3) is 0.900. The van der Waals surface area contributed by atoms with Crippen molar-refractivity contribution < 1.29 is 9.69 Å². The van der Waals surface area contributed by atoms with Crippen molar-refractivity contribution in [3.8, 4) is 0 Å². The van der Waals surface area contributed by atoms with Crippen molar-refractivity contribution in [3.05, 3.63) is 0 Å². The fourth-order valence-corrected chi connectivity index (χ4v) is 2.35. The van der Waals surface area contributed by atoms with E-state index in [0.717, 1.165) is 19.0 Å². The maximum Gasteiger partial charge on any atom is 0.147 e. The summed E-state index contributed by atoms with van der Waals surface area (Å²) in [5.74, 6) is 0.779. The third-order valence-electron chi connectivity index (χ3n) is 3.60. The molecule has 68 valence electrons. The van der Waals surface area contributed by atoms with Crippen LogP contribution in [-0.4, -0.2) is 24.4 Å². The summed E-state index contributed by atoms with van der Waals surface area (Å²) in [4.78, 5) is 13.1. The maximum absolute atomic E-state index is 11.4. The van der Waals surface area contributed by atoms with Crippen LogP contribution >= 0.6 is 0 Å². The van der Waals surface area contributed by atoms with E-state index in [4.69, 9.17) is 0 Å². The smallest absolute Gasteiger partial charge is 0.147 e. The second kappa shape index (κ2) is 2.84. The number of carbonyl (C=O) groups excluding carboxylic acids is 1. The van der Waals surface area contributed by atoms with Gasteiger partial charge in [-0.15, -0.1) is 0 Å². The average Bonchev–Trinajstić information content (AvgIpc) is 2.84. The molecule has 2 heteroatoms. The van der Waals surface area contributed by atoms with Crippen molar-refractivity contribution in [1.82, 2.24) is 0 Å². The minimum atomic E-state index is 0.300. The molecule has 2 aliphatic rings. The van der Waals surface area contributed by atoms with Crippen molar-refractivity contribution >= 4 is 5.78 Å². The summed E-state index contributed by atoms with van der Waals surface area (Å²) in [7, 11) is 0. The summed E-state index contributed by atoms with van der Waals surface area (Å²) < 4.78 is 0. The number of Topliss-reactive ketones (excluding diaryl/α,β-unsaturated/α-hetero) is 1. The van der Waals surface area contributed by atoms with E-state index >= 15 is 0 Å². The predicted molar refractivity (Wildman–Crippen MR) is 47.1 cm³/mol. The molecule has 1 saturated carbocycles. The first-order valence-electron chi connectivity index (χ1n) is 5.08. The van der Waals surface area contributed by atoms with Gasteiger partial charge in [0.2, 0.25) is 0 Å². The first-order valence-corrected chi connectivity index (χ1v) is 5.08. The molecular weight excluding hydrogens is 150 g/mol. The number of quaternary nitrogens is 1. The van der Waals surface area contributed by atoms with Gasteiger partial charge in [-0.3, -0.25) is 4.79 Å². The Bertz CT molecular complexity index is 198. The van der Waals surface area contributed by atoms with Gasteiger partial charge < -0.3 is 4.90 Å². The van der Waals surface area contributed by atoms with E-state index in [1.807, 2.05) is 0 Å². The topological polar surface area (TPSA) is 21.5 Å². The molecular formula is C10H18NO+. The Balaban J connectivity index is 2.03. The molecule has 1 unspecified atom stereocenters. The molecule has 0 radical (unpaired) electrons. The number of nitrogens with one attached hydrogen (secondary N) is 1. The Hall–Kier alpha value is -0.370. The highest BCUT2D eigenvalue weighted by Gasteiger charge is 2.42. The second-order valence-electron chi connectivity index (χ2n) is 4.39. The van der Waals surface area contributed by atoms with Gasteiger partial charge in [-0.1, -0.05) is 0 Å². The monoisotopic (exact) mass is 168 g/mol. The number of hydrogen-bond acceptors (Lipinski definition) is 1. The Kier molecular flexibility index (Phi) is 1.95. The van der Waals surface area contributed by atoms with E-state index in [9.17, 15) is 4.79 Å². The highest BCUT2D eigenvalue weighted by atomic mass is 16.1. The first kappa shape index (κ1) is 8.24. The molecule has 12 heavy (non-hydrogen) atoms. The lowest BCUT2D eigenvalue weighted by atomic mass is 9.90. The maximum atomic E-state index is 11.4. The van der Waals surface area contributed by atoms with Gasteiger partial charge in [-0.2, -0.15) is 0 Å². The lowest BCUT2D eigenvalue weighted by Crippen LogP contribution is -3.18. The van der Waals surface area contributed by atoms with Crippen LogP contribution in [0.5, 0.6) is 0 Å². The summed E-state index contributed by atoms with van der Waals surface area (Å²) >= 11 is 0. The number of hydrogen-bond donors (Lipinski definition) is 1. The van der Waals surface area contributed by atoms with Gasteiger partial charge in [0.15, 0.2) is 0 Å². The van der Waals surface area contributed by atoms with Gasteiger partial charge in [0.05, 0.1) is 31.0 Å². The molecule has 1 heterocycles. The van der Waals surface area contributed by atoms with Crippen LogP contribution in [0.4, 0.5) is 0 Å². The number of carbonyl (C=O) groups is 1. The molecule has 3 atom stereocenters. The fourth-order valence-electron chi connectivity index (χ4n) is 2.35. The van der Waals surface area contributed by atoms with Gasteiger partial charge in [-0.05, 0) is 13.8 Å². The predicted octanol–water partition coefficient (Wildman–Crippen LogP) is 0.0311. The Morgan fingerprint density at radius 3 is 2.58 bits per heavy atom. The molecule has 0 aromatic rings. The zero-order chi connectivity index (χ0) is 8.72. The van der Waals surface area contributed by atoms with Crippen molar-refractivity contribution in [3.63, 3.8) is 0 Å². The van der Waals surface area contributed by atoms with E-state index in [0.29, 0.717) is 17.7 Å². The number of likely N-dealkylation sites (tertiary alicyclic amines) is 1. The Labute approximate surface area is 73.9 Å². The van der Waals surface area contributed by atoms with Gasteiger partial charge in [-0.25, -0.2) is 0 Å². The lowest BCUT2D eigenvalue weighted by Gasteiger charge is -2.33. The molecule has 0 aromatic carbocycles. The molecule has 1 saturated heterocycles. The van der Waals surface area contributed by atoms with Crippen molar-refractivity contribution in [2.24, 2.45) is 5.92 Å². The van der Waals surface area contributed by atoms with Crippen LogP contribution in [0.15, 0.2) is 0 Å². The minimum Gasteiger partial charge on any atom is -0.329 e. The molecule has 0 amide bonds. The van der Waals surface area contributed by atoms with Gasteiger partial charge in [0.1, 0.15) is 5.78 Å². The summed E-state index contributed by atoms with van der Waals surface area (Å²) in [6, 6.07) is 1.47. The standard InChI is InChI=1S/C10H17NO/c1-7-8(2)11(9-3-4-9)6-5-10(7)12/h7-9H,3-6H2,1-2H3/p+1/t7-,8-/m1/s1. The van der Waals surface area contributed by atoms with Crippen molar-refractivity contribution in [1.29, 1.82) is 0 Å². The van der Waals surface area contributed by atoms with Crippen LogP contribution in [0.3, 0.4) is 0 Å². The summed E-state index contributed by atoms with van der Waals surface area (Å²) in [6.45, 7) is 5.42. The molecule has 2 nitrogen and oxygen atoms in total. The van der Waals surface area contributed by atoms with Crippen LogP contribution in [0.25, 0.3) is 0 Å². The third kappa shape index (κ3) is 1.28. The average molecular weight is 168 g/mol. The zero-order valence-corrected chi connectivity index (χ0v) is 7.97. The van der Waals surface area contributed by atoms with Crippen molar-refractivity contribution in [2.45, 2.75) is 45.2 Å². The largest absolute Gasteiger partial charge is 0.329 e.